The molecule has 0 N–H and O–H groups in total. The highest BCUT2D eigenvalue weighted by Crippen LogP contribution is 2.39. The first kappa shape index (κ1) is 17.0. The lowest BCUT2D eigenvalue weighted by molar-refractivity contribution is -0.119. The van der Waals surface area contributed by atoms with E-state index in [0.717, 1.165) is 0 Å². The maximum atomic E-state index is 14.4. The number of likely N-dealkylation sites (N-methyl/N-ethyl adjacent to an activating group) is 1. The Morgan fingerprint density at radius 2 is 2.00 bits per heavy atom. The van der Waals surface area contributed by atoms with Crippen LogP contribution in [0.5, 0.6) is 0 Å². The third kappa shape index (κ3) is 2.86. The van der Waals surface area contributed by atoms with Gasteiger partial charge in [-0.05, 0) is 31.2 Å². The Balaban J connectivity index is 2.39. The van der Waals surface area contributed by atoms with E-state index in [9.17, 15) is 14.0 Å². The molecule has 1 atom stereocenters. The topological polar surface area (TPSA) is 62.1 Å². The lowest BCUT2D eigenvalue weighted by atomic mass is 9.99. The van der Waals surface area contributed by atoms with Crippen LogP contribution in [0.25, 0.3) is 0 Å². The maximum Gasteiger partial charge on any atom is 0.251 e. The third-order valence-electron chi connectivity index (χ3n) is 4.00. The van der Waals surface area contributed by atoms with Crippen molar-refractivity contribution < 1.29 is 14.0 Å². The van der Waals surface area contributed by atoms with Gasteiger partial charge in [0.2, 0.25) is 6.08 Å². The summed E-state index contributed by atoms with van der Waals surface area (Å²) in [5.74, 6) is -0.743. The van der Waals surface area contributed by atoms with Gasteiger partial charge in [0, 0.05) is 18.2 Å². The fourth-order valence-corrected chi connectivity index (χ4v) is 3.06. The first-order valence-electron chi connectivity index (χ1n) is 7.46. The monoisotopic (exact) mass is 357 g/mol. The van der Waals surface area contributed by atoms with Crippen LogP contribution in [0.4, 0.5) is 15.8 Å². The van der Waals surface area contributed by atoms with Gasteiger partial charge in [0.05, 0.1) is 22.1 Å². The zero-order valence-corrected chi connectivity index (χ0v) is 14.2. The van der Waals surface area contributed by atoms with Crippen LogP contribution in [-0.2, 0) is 9.59 Å². The van der Waals surface area contributed by atoms with Crippen molar-refractivity contribution in [2.75, 3.05) is 11.9 Å². The zero-order valence-electron chi connectivity index (χ0n) is 13.5. The lowest BCUT2D eigenvalue weighted by Crippen LogP contribution is -2.32. The Hall–Kier alpha value is -2.82. The number of aliphatic imine (C=N–C) groups is 2. The van der Waals surface area contributed by atoms with Gasteiger partial charge in [0.1, 0.15) is 11.9 Å². The van der Waals surface area contributed by atoms with Gasteiger partial charge in [0.15, 0.2) is 0 Å². The second-order valence-electron chi connectivity index (χ2n) is 5.53. The summed E-state index contributed by atoms with van der Waals surface area (Å²) in [7, 11) is 1.59. The number of isocyanates is 1. The van der Waals surface area contributed by atoms with Crippen LogP contribution >= 0.6 is 11.6 Å². The molecule has 0 aromatic heterocycles. The second-order valence-corrected chi connectivity index (χ2v) is 5.90. The third-order valence-corrected chi connectivity index (χ3v) is 4.39. The van der Waals surface area contributed by atoms with E-state index in [-0.39, 0.29) is 27.9 Å². The van der Waals surface area contributed by atoms with Crippen molar-refractivity contribution in [3.05, 3.63) is 58.4 Å². The van der Waals surface area contributed by atoms with E-state index in [2.05, 4.69) is 9.98 Å². The highest BCUT2D eigenvalue weighted by Gasteiger charge is 2.30. The molecule has 25 heavy (non-hydrogen) atoms. The van der Waals surface area contributed by atoms with Crippen molar-refractivity contribution in [3.8, 4) is 0 Å². The van der Waals surface area contributed by atoms with E-state index in [4.69, 9.17) is 11.6 Å². The molecule has 5 nitrogen and oxygen atoms in total. The van der Waals surface area contributed by atoms with Crippen molar-refractivity contribution in [2.45, 2.75) is 13.0 Å². The largest absolute Gasteiger partial charge is 0.313 e. The fourth-order valence-electron chi connectivity index (χ4n) is 2.77. The first-order valence-corrected chi connectivity index (χ1v) is 7.84. The molecule has 7 heteroatoms. The number of carbonyl (C=O) groups is 1. The molecule has 1 unspecified atom stereocenters. The summed E-state index contributed by atoms with van der Waals surface area (Å²) in [4.78, 5) is 32.5. The molecule has 0 aliphatic carbocycles. The summed E-state index contributed by atoms with van der Waals surface area (Å²) in [6.07, 6.45) is 1.44. The number of halogens is 2. The molecule has 0 spiro atoms. The number of benzodiazepines with no additional fused rings is 1. The molecule has 126 valence electrons. The van der Waals surface area contributed by atoms with Gasteiger partial charge in [-0.1, -0.05) is 23.7 Å². The van der Waals surface area contributed by atoms with E-state index < -0.39 is 11.9 Å². The minimum Gasteiger partial charge on any atom is -0.313 e. The molecule has 1 amide bonds. The van der Waals surface area contributed by atoms with Crippen LogP contribution in [0.15, 0.2) is 46.4 Å². The molecular weight excluding hydrogens is 345 g/mol. The standard InChI is InChI=1S/C18H13ClFN3O2/c1-10-18(25)23(2)14-8-7-13(21-9-24)16(19)15(14)17(22-10)11-5-3-4-6-12(11)20/h3-8,10H,1-2H3. The normalized spacial score (nSPS) is 16.6. The first-order chi connectivity index (χ1) is 12.0. The van der Waals surface area contributed by atoms with Crippen LogP contribution in [0.2, 0.25) is 5.02 Å². The van der Waals surface area contributed by atoms with Gasteiger partial charge < -0.3 is 4.90 Å². The highest BCUT2D eigenvalue weighted by molar-refractivity contribution is 6.39. The molecule has 0 bridgehead atoms. The number of carbonyl (C=O) groups excluding carboxylic acids is 2. The van der Waals surface area contributed by atoms with Crippen molar-refractivity contribution in [1.29, 1.82) is 0 Å². The number of hydrogen-bond acceptors (Lipinski definition) is 4. The molecule has 0 radical (unpaired) electrons. The summed E-state index contributed by atoms with van der Waals surface area (Å²) >= 11 is 6.42. The van der Waals surface area contributed by atoms with Gasteiger partial charge in [-0.15, -0.1) is 0 Å². The molecular formula is C18H13ClFN3O2. The van der Waals surface area contributed by atoms with E-state index >= 15 is 0 Å². The van der Waals surface area contributed by atoms with Gasteiger partial charge in [-0.2, -0.15) is 4.99 Å². The van der Waals surface area contributed by atoms with Crippen molar-refractivity contribution >= 4 is 40.7 Å². The zero-order chi connectivity index (χ0) is 18.1. The second kappa shape index (κ2) is 6.59. The van der Waals surface area contributed by atoms with Crippen LogP contribution in [0.3, 0.4) is 0 Å². The summed E-state index contributed by atoms with van der Waals surface area (Å²) in [5.41, 5.74) is 1.45. The number of fused-ring (bicyclic) bond motifs is 1. The van der Waals surface area contributed by atoms with E-state index in [1.165, 1.54) is 23.1 Å². The van der Waals surface area contributed by atoms with Crippen LogP contribution in [0.1, 0.15) is 18.1 Å². The van der Waals surface area contributed by atoms with Gasteiger partial charge in [-0.3, -0.25) is 9.79 Å². The van der Waals surface area contributed by atoms with Crippen LogP contribution in [0, 0.1) is 5.82 Å². The van der Waals surface area contributed by atoms with Gasteiger partial charge in [0.25, 0.3) is 5.91 Å². The Morgan fingerprint density at radius 1 is 1.28 bits per heavy atom. The number of amides is 1. The molecule has 0 fully saturated rings. The molecule has 3 rings (SSSR count). The summed E-state index contributed by atoms with van der Waals surface area (Å²) in [5, 5.41) is 0.108. The average molecular weight is 358 g/mol. The lowest BCUT2D eigenvalue weighted by Gasteiger charge is -2.20. The Bertz CT molecular complexity index is 951. The maximum absolute atomic E-state index is 14.4. The number of anilines is 1. The smallest absolute Gasteiger partial charge is 0.251 e. The quantitative estimate of drug-likeness (QED) is 0.608. The SMILES string of the molecule is CC1N=C(c2ccccc2F)c2c(ccc(N=C=O)c2Cl)N(C)C1=O. The molecule has 0 saturated carbocycles. The summed E-state index contributed by atoms with van der Waals surface area (Å²) < 4.78 is 14.4. The summed E-state index contributed by atoms with van der Waals surface area (Å²) in [6.45, 7) is 1.63. The van der Waals surface area contributed by atoms with E-state index in [1.54, 1.807) is 38.2 Å². The van der Waals surface area contributed by atoms with Crippen LogP contribution < -0.4 is 4.90 Å². The van der Waals surface area contributed by atoms with Crippen molar-refractivity contribution in [3.63, 3.8) is 0 Å². The van der Waals surface area contributed by atoms with Crippen molar-refractivity contribution in [2.24, 2.45) is 9.98 Å². The summed E-state index contributed by atoms with van der Waals surface area (Å²) in [6, 6.07) is 8.48. The minimum atomic E-state index is -0.721. The molecule has 2 aromatic rings. The average Bonchev–Trinajstić information content (AvgIpc) is 2.69. The number of hydrogen-bond donors (Lipinski definition) is 0. The van der Waals surface area contributed by atoms with Gasteiger partial charge in [-0.25, -0.2) is 9.18 Å². The molecule has 2 aromatic carbocycles. The number of rotatable bonds is 2. The highest BCUT2D eigenvalue weighted by atomic mass is 35.5. The number of nitrogens with zero attached hydrogens (tertiary/aromatic N) is 3. The minimum absolute atomic E-state index is 0.108. The fraction of sp³-hybridized carbons (Fsp3) is 0.167. The van der Waals surface area contributed by atoms with Crippen molar-refractivity contribution in [1.82, 2.24) is 0 Å². The molecule has 1 aliphatic heterocycles. The van der Waals surface area contributed by atoms with Crippen LogP contribution in [-0.4, -0.2) is 30.8 Å². The Labute approximate surface area is 148 Å². The Morgan fingerprint density at radius 3 is 2.68 bits per heavy atom. The van der Waals surface area contributed by atoms with E-state index in [0.29, 0.717) is 11.3 Å². The molecule has 0 saturated heterocycles. The Kier molecular flexibility index (Phi) is 4.49. The predicted octanol–water partition coefficient (Wildman–Crippen LogP) is 3.65. The molecule has 1 heterocycles. The molecule has 1 aliphatic rings. The number of benzene rings is 2. The van der Waals surface area contributed by atoms with E-state index in [1.807, 2.05) is 0 Å². The van der Waals surface area contributed by atoms with Gasteiger partial charge >= 0.3 is 0 Å². The predicted molar refractivity (Wildman–Crippen MR) is 94.1 cm³/mol.